The van der Waals surface area contributed by atoms with Crippen LogP contribution in [0.25, 0.3) is 0 Å². The number of quaternary nitrogens is 1. The molecule has 0 bridgehead atoms. The van der Waals surface area contributed by atoms with E-state index in [1.165, 1.54) is 153 Å². The largest absolute Gasteiger partial charge is 1.00 e. The smallest absolute Gasteiger partial charge is 0.0883 e. The summed E-state index contributed by atoms with van der Waals surface area (Å²) in [5, 5.41) is 1.15. The Labute approximate surface area is 206 Å². The molecule has 0 aromatic carbocycles. The molecule has 30 heavy (non-hydrogen) atoms. The SMILES string of the molecule is CCCCCCCCCCCC[N+](C)(CCBr)CCCCCCCCCCCC.[Cl-]. The van der Waals surface area contributed by atoms with Crippen LogP contribution in [0.4, 0.5) is 0 Å². The van der Waals surface area contributed by atoms with E-state index < -0.39 is 0 Å². The maximum atomic E-state index is 3.71. The zero-order chi connectivity index (χ0) is 21.5. The van der Waals surface area contributed by atoms with Gasteiger partial charge in [-0.3, -0.25) is 0 Å². The van der Waals surface area contributed by atoms with Gasteiger partial charge in [0.15, 0.2) is 0 Å². The molecule has 0 fully saturated rings. The van der Waals surface area contributed by atoms with Crippen LogP contribution < -0.4 is 12.4 Å². The third-order valence-corrected chi connectivity index (χ3v) is 7.08. The van der Waals surface area contributed by atoms with Crippen LogP contribution in [0.15, 0.2) is 0 Å². The second-order valence-corrected chi connectivity index (χ2v) is 10.6. The monoisotopic (exact) mass is 509 g/mol. The van der Waals surface area contributed by atoms with Crippen molar-refractivity contribution in [3.63, 3.8) is 0 Å². The first-order valence-corrected chi connectivity index (χ1v) is 14.7. The van der Waals surface area contributed by atoms with E-state index in [4.69, 9.17) is 0 Å². The predicted molar refractivity (Wildman–Crippen MR) is 138 cm³/mol. The fraction of sp³-hybridized carbons (Fsp3) is 1.00. The maximum absolute atomic E-state index is 3.71. The minimum Gasteiger partial charge on any atom is -1.00 e. The molecule has 0 aliphatic heterocycles. The lowest BCUT2D eigenvalue weighted by Crippen LogP contribution is -3.00. The van der Waals surface area contributed by atoms with Crippen LogP contribution in [-0.2, 0) is 0 Å². The predicted octanol–water partition coefficient (Wildman–Crippen LogP) is 6.67. The zero-order valence-corrected chi connectivity index (χ0v) is 23.5. The quantitative estimate of drug-likeness (QED) is 0.0772. The molecule has 3 heteroatoms. The van der Waals surface area contributed by atoms with Crippen LogP contribution in [-0.4, -0.2) is 36.5 Å². The average molecular weight is 511 g/mol. The molecule has 0 rings (SSSR count). The molecule has 184 valence electrons. The van der Waals surface area contributed by atoms with Gasteiger partial charge in [0.1, 0.15) is 0 Å². The lowest BCUT2D eigenvalue weighted by atomic mass is 10.1. The second kappa shape index (κ2) is 26.0. The number of unbranched alkanes of at least 4 members (excludes halogenated alkanes) is 18. The van der Waals surface area contributed by atoms with E-state index in [1.54, 1.807) is 0 Å². The molecule has 0 amide bonds. The summed E-state index contributed by atoms with van der Waals surface area (Å²) in [4.78, 5) is 0. The Kier molecular flexibility index (Phi) is 28.5. The van der Waals surface area contributed by atoms with Crippen LogP contribution in [0.3, 0.4) is 0 Å². The van der Waals surface area contributed by atoms with Crippen molar-refractivity contribution in [1.82, 2.24) is 0 Å². The van der Waals surface area contributed by atoms with Gasteiger partial charge in [0, 0.05) is 0 Å². The summed E-state index contributed by atoms with van der Waals surface area (Å²) in [7, 11) is 2.50. The van der Waals surface area contributed by atoms with Crippen molar-refractivity contribution >= 4 is 15.9 Å². The molecule has 0 aromatic heterocycles. The molecule has 0 saturated carbocycles. The molecule has 1 nitrogen and oxygen atoms in total. The molecule has 0 atom stereocenters. The molecule has 0 N–H and O–H groups in total. The molecule has 0 aliphatic carbocycles. The Morgan fingerprint density at radius 3 is 0.967 bits per heavy atom. The molecule has 0 unspecified atom stereocenters. The number of alkyl halides is 1. The summed E-state index contributed by atoms with van der Waals surface area (Å²) in [5.74, 6) is 0. The van der Waals surface area contributed by atoms with Gasteiger partial charge in [-0.2, -0.15) is 0 Å². The molecular weight excluding hydrogens is 454 g/mol. The van der Waals surface area contributed by atoms with Gasteiger partial charge in [0.25, 0.3) is 0 Å². The Morgan fingerprint density at radius 1 is 0.433 bits per heavy atom. The first-order valence-electron chi connectivity index (χ1n) is 13.6. The van der Waals surface area contributed by atoms with E-state index in [9.17, 15) is 0 Å². The van der Waals surface area contributed by atoms with E-state index in [2.05, 4.69) is 36.8 Å². The lowest BCUT2D eigenvalue weighted by molar-refractivity contribution is -0.907. The van der Waals surface area contributed by atoms with Crippen molar-refractivity contribution in [1.29, 1.82) is 0 Å². The van der Waals surface area contributed by atoms with Crippen molar-refractivity contribution < 1.29 is 16.9 Å². The fourth-order valence-electron chi connectivity index (χ4n) is 4.50. The fourth-order valence-corrected chi connectivity index (χ4v) is 5.36. The topological polar surface area (TPSA) is 0 Å². The van der Waals surface area contributed by atoms with E-state index in [0.717, 1.165) is 5.33 Å². The Morgan fingerprint density at radius 2 is 0.700 bits per heavy atom. The van der Waals surface area contributed by atoms with Gasteiger partial charge in [0.05, 0.1) is 32.0 Å². The number of halogens is 2. The van der Waals surface area contributed by atoms with Gasteiger partial charge < -0.3 is 16.9 Å². The van der Waals surface area contributed by atoms with Gasteiger partial charge in [0.2, 0.25) is 0 Å². The summed E-state index contributed by atoms with van der Waals surface area (Å²) >= 11 is 3.71. The van der Waals surface area contributed by atoms with Crippen LogP contribution in [0.5, 0.6) is 0 Å². The van der Waals surface area contributed by atoms with E-state index in [-0.39, 0.29) is 12.4 Å². The van der Waals surface area contributed by atoms with Crippen molar-refractivity contribution in [2.45, 2.75) is 142 Å². The molecule has 0 aliphatic rings. The Hall–Kier alpha value is 0.730. The van der Waals surface area contributed by atoms with Crippen molar-refractivity contribution in [3.8, 4) is 0 Å². The normalized spacial score (nSPS) is 11.6. The number of hydrogen-bond acceptors (Lipinski definition) is 0. The summed E-state index contributed by atoms with van der Waals surface area (Å²) in [6, 6.07) is 0. The zero-order valence-electron chi connectivity index (χ0n) is 21.2. The molecule has 0 radical (unpaired) electrons. The van der Waals surface area contributed by atoms with Gasteiger partial charge in [-0.05, 0) is 25.7 Å². The third kappa shape index (κ3) is 23.4. The van der Waals surface area contributed by atoms with Crippen LogP contribution in [0.2, 0.25) is 0 Å². The van der Waals surface area contributed by atoms with Gasteiger partial charge in [-0.1, -0.05) is 133 Å². The Balaban J connectivity index is 0. The van der Waals surface area contributed by atoms with Gasteiger partial charge >= 0.3 is 0 Å². The Bertz CT molecular complexity index is 287. The summed E-state index contributed by atoms with van der Waals surface area (Å²) in [5.41, 5.74) is 0. The van der Waals surface area contributed by atoms with Crippen molar-refractivity contribution in [2.75, 3.05) is 32.0 Å². The van der Waals surface area contributed by atoms with E-state index in [0.29, 0.717) is 0 Å². The summed E-state index contributed by atoms with van der Waals surface area (Å²) in [6.07, 6.45) is 28.9. The molecule has 0 heterocycles. The number of hydrogen-bond donors (Lipinski definition) is 0. The van der Waals surface area contributed by atoms with Crippen LogP contribution in [0, 0.1) is 0 Å². The first-order chi connectivity index (χ1) is 14.2. The average Bonchev–Trinajstić information content (AvgIpc) is 2.71. The third-order valence-electron chi connectivity index (χ3n) is 6.73. The lowest BCUT2D eigenvalue weighted by Gasteiger charge is -2.34. The van der Waals surface area contributed by atoms with Gasteiger partial charge in [-0.25, -0.2) is 0 Å². The van der Waals surface area contributed by atoms with Crippen molar-refractivity contribution in [2.24, 2.45) is 0 Å². The minimum atomic E-state index is 0. The second-order valence-electron chi connectivity index (χ2n) is 9.84. The van der Waals surface area contributed by atoms with Crippen LogP contribution >= 0.6 is 15.9 Å². The highest BCUT2D eigenvalue weighted by atomic mass is 79.9. The molecule has 0 saturated heterocycles. The number of rotatable bonds is 24. The highest BCUT2D eigenvalue weighted by molar-refractivity contribution is 9.09. The highest BCUT2D eigenvalue weighted by Crippen LogP contribution is 2.15. The standard InChI is InChI=1S/C27H57BrN.ClH/c1-4-6-8-10-12-14-16-18-20-22-25-29(3,27-24-28)26-23-21-19-17-15-13-11-9-7-5-2;/h4-27H2,1-3H3;1H/q+1;/p-1. The minimum absolute atomic E-state index is 0. The summed E-state index contributed by atoms with van der Waals surface area (Å²) < 4.78 is 1.29. The molecule has 0 aromatic rings. The van der Waals surface area contributed by atoms with Crippen LogP contribution in [0.1, 0.15) is 142 Å². The van der Waals surface area contributed by atoms with Crippen molar-refractivity contribution in [3.05, 3.63) is 0 Å². The first kappa shape index (κ1) is 32.9. The van der Waals surface area contributed by atoms with E-state index >= 15 is 0 Å². The number of nitrogens with zero attached hydrogens (tertiary/aromatic N) is 1. The summed E-state index contributed by atoms with van der Waals surface area (Å²) in [6.45, 7) is 8.69. The van der Waals surface area contributed by atoms with Gasteiger partial charge in [-0.15, -0.1) is 0 Å². The van der Waals surface area contributed by atoms with E-state index in [1.807, 2.05) is 0 Å². The maximum Gasteiger partial charge on any atom is 0.0883 e. The highest BCUT2D eigenvalue weighted by Gasteiger charge is 2.19. The molecule has 0 spiro atoms. The molecular formula is C27H57BrClN.